The van der Waals surface area contributed by atoms with Gasteiger partial charge in [-0.2, -0.15) is 0 Å². The molecule has 9 heteroatoms. The highest BCUT2D eigenvalue weighted by Crippen LogP contribution is 2.39. The van der Waals surface area contributed by atoms with Gasteiger partial charge < -0.3 is 19.7 Å². The van der Waals surface area contributed by atoms with E-state index < -0.39 is 41.5 Å². The fourth-order valence-corrected chi connectivity index (χ4v) is 5.20. The standard InChI is InChI=1S/C30H31N3O6/c1-19-18-33(29(37)31-27(19)35)25-17-24(34)26(39-25)28(36)32-30(20-9-5-3-6-10-20,21-11-7-4-8-12-21)22-13-15-23(38-2)16-14-22/h3-16,18,24-26,28,32,34,36H,17H2,1-2H3,(H,31,35,37)/t24-,25+,26-,28?/m0/s1. The number of methoxy groups -OCH3 is 1. The average Bonchev–Trinajstić information content (AvgIpc) is 3.36. The summed E-state index contributed by atoms with van der Waals surface area (Å²) < 4.78 is 12.7. The van der Waals surface area contributed by atoms with Crippen LogP contribution < -0.4 is 21.3 Å². The fourth-order valence-electron chi connectivity index (χ4n) is 5.20. The highest BCUT2D eigenvalue weighted by molar-refractivity contribution is 5.50. The molecule has 1 fully saturated rings. The van der Waals surface area contributed by atoms with E-state index in [1.165, 1.54) is 10.8 Å². The Balaban J connectivity index is 1.56. The first-order chi connectivity index (χ1) is 18.8. The second-order valence-corrected chi connectivity index (χ2v) is 9.64. The van der Waals surface area contributed by atoms with Gasteiger partial charge in [0.05, 0.1) is 18.8 Å². The molecular formula is C30H31N3O6. The van der Waals surface area contributed by atoms with Crippen LogP contribution in [-0.2, 0) is 10.3 Å². The van der Waals surface area contributed by atoms with Crippen LogP contribution in [0.5, 0.6) is 5.75 Å². The number of H-pyrrole nitrogens is 1. The van der Waals surface area contributed by atoms with Gasteiger partial charge in [0.15, 0.2) is 0 Å². The van der Waals surface area contributed by atoms with Crippen LogP contribution >= 0.6 is 0 Å². The second-order valence-electron chi connectivity index (χ2n) is 9.64. The molecule has 0 saturated carbocycles. The maximum absolute atomic E-state index is 12.5. The quantitative estimate of drug-likeness (QED) is 0.204. The molecular weight excluding hydrogens is 498 g/mol. The van der Waals surface area contributed by atoms with Crippen molar-refractivity contribution in [1.29, 1.82) is 0 Å². The highest BCUT2D eigenvalue weighted by Gasteiger charge is 2.45. The molecule has 2 heterocycles. The van der Waals surface area contributed by atoms with Crippen molar-refractivity contribution in [3.8, 4) is 5.75 Å². The molecule has 1 aliphatic rings. The number of benzene rings is 3. The van der Waals surface area contributed by atoms with Crippen LogP contribution in [0.1, 0.15) is 34.9 Å². The zero-order valence-electron chi connectivity index (χ0n) is 21.7. The van der Waals surface area contributed by atoms with Crippen molar-refractivity contribution in [2.45, 2.75) is 43.5 Å². The summed E-state index contributed by atoms with van der Waals surface area (Å²) in [7, 11) is 1.60. The third kappa shape index (κ3) is 5.05. The molecule has 1 aromatic heterocycles. The number of nitrogens with zero attached hydrogens (tertiary/aromatic N) is 1. The number of ether oxygens (including phenoxy) is 2. The summed E-state index contributed by atoms with van der Waals surface area (Å²) in [5.74, 6) is 0.688. The number of hydrogen-bond donors (Lipinski definition) is 4. The van der Waals surface area contributed by atoms with Crippen molar-refractivity contribution in [3.05, 3.63) is 134 Å². The molecule has 0 aliphatic carbocycles. The van der Waals surface area contributed by atoms with E-state index >= 15 is 0 Å². The molecule has 3 aromatic carbocycles. The maximum Gasteiger partial charge on any atom is 0.330 e. The number of aromatic amines is 1. The number of aryl methyl sites for hydroxylation is 1. The van der Waals surface area contributed by atoms with Crippen molar-refractivity contribution in [1.82, 2.24) is 14.9 Å². The number of aliphatic hydroxyl groups is 2. The van der Waals surface area contributed by atoms with Crippen LogP contribution in [0.25, 0.3) is 0 Å². The first-order valence-electron chi connectivity index (χ1n) is 12.7. The normalized spacial score (nSPS) is 20.1. The monoisotopic (exact) mass is 529 g/mol. The number of aromatic nitrogens is 2. The molecule has 0 spiro atoms. The van der Waals surface area contributed by atoms with E-state index in [1.807, 2.05) is 84.9 Å². The Kier molecular flexibility index (Phi) is 7.49. The smallest absolute Gasteiger partial charge is 0.330 e. The minimum atomic E-state index is -1.35. The van der Waals surface area contributed by atoms with E-state index in [0.29, 0.717) is 11.3 Å². The van der Waals surface area contributed by atoms with Gasteiger partial charge in [0.2, 0.25) is 0 Å². The molecule has 5 rings (SSSR count). The predicted octanol–water partition coefficient (Wildman–Crippen LogP) is 2.40. The molecule has 39 heavy (non-hydrogen) atoms. The van der Waals surface area contributed by atoms with Gasteiger partial charge in [0.25, 0.3) is 5.56 Å². The topological polar surface area (TPSA) is 126 Å². The summed E-state index contributed by atoms with van der Waals surface area (Å²) in [6, 6.07) is 27.0. The number of hydrogen-bond acceptors (Lipinski definition) is 7. The molecule has 0 radical (unpaired) electrons. The van der Waals surface area contributed by atoms with E-state index in [2.05, 4.69) is 10.3 Å². The summed E-state index contributed by atoms with van der Waals surface area (Å²) in [4.78, 5) is 26.5. The second kappa shape index (κ2) is 11.0. The lowest BCUT2D eigenvalue weighted by Gasteiger charge is -2.40. The molecule has 0 bridgehead atoms. The number of aliphatic hydroxyl groups excluding tert-OH is 2. The Hall–Kier alpha value is -4.02. The van der Waals surface area contributed by atoms with Gasteiger partial charge in [-0.15, -0.1) is 0 Å². The van der Waals surface area contributed by atoms with E-state index in [4.69, 9.17) is 9.47 Å². The van der Waals surface area contributed by atoms with E-state index in [9.17, 15) is 19.8 Å². The van der Waals surface area contributed by atoms with Crippen LogP contribution in [0.4, 0.5) is 0 Å². The van der Waals surface area contributed by atoms with E-state index in [0.717, 1.165) is 16.7 Å². The lowest BCUT2D eigenvalue weighted by molar-refractivity contribution is -0.0992. The molecule has 4 atom stereocenters. The van der Waals surface area contributed by atoms with Crippen LogP contribution in [-0.4, -0.2) is 45.3 Å². The van der Waals surface area contributed by atoms with Crippen LogP contribution in [0, 0.1) is 6.92 Å². The third-order valence-corrected chi connectivity index (χ3v) is 7.20. The highest BCUT2D eigenvalue weighted by atomic mass is 16.5. The van der Waals surface area contributed by atoms with Crippen molar-refractivity contribution in [3.63, 3.8) is 0 Å². The minimum absolute atomic E-state index is 0.0566. The minimum Gasteiger partial charge on any atom is -0.497 e. The van der Waals surface area contributed by atoms with Gasteiger partial charge in [0, 0.05) is 18.2 Å². The van der Waals surface area contributed by atoms with Gasteiger partial charge in [-0.25, -0.2) is 4.79 Å². The summed E-state index contributed by atoms with van der Waals surface area (Å²) in [6.07, 6.45) is -2.92. The Morgan fingerprint density at radius 3 is 2.10 bits per heavy atom. The molecule has 9 nitrogen and oxygen atoms in total. The van der Waals surface area contributed by atoms with Crippen LogP contribution in [0.15, 0.2) is 101 Å². The Bertz CT molecular complexity index is 1480. The van der Waals surface area contributed by atoms with E-state index in [1.54, 1.807) is 14.0 Å². The zero-order chi connectivity index (χ0) is 27.6. The Morgan fingerprint density at radius 2 is 1.54 bits per heavy atom. The molecule has 4 aromatic rings. The van der Waals surface area contributed by atoms with Gasteiger partial charge >= 0.3 is 5.69 Å². The first kappa shape index (κ1) is 26.6. The first-order valence-corrected chi connectivity index (χ1v) is 12.7. The third-order valence-electron chi connectivity index (χ3n) is 7.20. The Morgan fingerprint density at radius 1 is 0.974 bits per heavy atom. The van der Waals surface area contributed by atoms with Crippen LogP contribution in [0.2, 0.25) is 0 Å². The lowest BCUT2D eigenvalue weighted by atomic mass is 9.76. The van der Waals surface area contributed by atoms with Gasteiger partial charge in [-0.1, -0.05) is 72.8 Å². The SMILES string of the molecule is COc1ccc(C(NC(O)[C@H]2O[C@@H](n3cc(C)c(=O)[nH]c3=O)C[C@@H]2O)(c2ccccc2)c2ccccc2)cc1. The fraction of sp³-hybridized carbons (Fsp3) is 0.267. The van der Waals surface area contributed by atoms with Crippen molar-refractivity contribution < 1.29 is 19.7 Å². The van der Waals surface area contributed by atoms with E-state index in [-0.39, 0.29) is 6.42 Å². The molecule has 4 N–H and O–H groups in total. The molecule has 1 aliphatic heterocycles. The van der Waals surface area contributed by atoms with Crippen molar-refractivity contribution in [2.75, 3.05) is 7.11 Å². The van der Waals surface area contributed by atoms with Gasteiger partial charge in [-0.3, -0.25) is 19.7 Å². The van der Waals surface area contributed by atoms with Crippen molar-refractivity contribution in [2.24, 2.45) is 0 Å². The van der Waals surface area contributed by atoms with Crippen LogP contribution in [0.3, 0.4) is 0 Å². The summed E-state index contributed by atoms with van der Waals surface area (Å²) >= 11 is 0. The molecule has 202 valence electrons. The van der Waals surface area contributed by atoms with Gasteiger partial charge in [-0.05, 0) is 35.7 Å². The molecule has 1 unspecified atom stereocenters. The largest absolute Gasteiger partial charge is 0.497 e. The lowest BCUT2D eigenvalue weighted by Crippen LogP contribution is -2.55. The molecule has 1 saturated heterocycles. The Labute approximate surface area is 225 Å². The summed E-state index contributed by atoms with van der Waals surface area (Å²) in [6.45, 7) is 1.58. The number of rotatable bonds is 8. The predicted molar refractivity (Wildman–Crippen MR) is 145 cm³/mol. The number of nitrogens with one attached hydrogen (secondary N) is 2. The van der Waals surface area contributed by atoms with Crippen molar-refractivity contribution >= 4 is 0 Å². The average molecular weight is 530 g/mol. The summed E-state index contributed by atoms with van der Waals surface area (Å²) in [5, 5.41) is 25.9. The zero-order valence-corrected chi connectivity index (χ0v) is 21.7. The molecule has 0 amide bonds. The van der Waals surface area contributed by atoms with Gasteiger partial charge in [0.1, 0.15) is 24.3 Å². The maximum atomic E-state index is 12.5. The summed E-state index contributed by atoms with van der Waals surface area (Å²) in [5.41, 5.74) is 0.711.